The summed E-state index contributed by atoms with van der Waals surface area (Å²) in [4.78, 5) is 41.8. The Labute approximate surface area is 389 Å². The maximum absolute atomic E-state index is 12.2. The highest BCUT2D eigenvalue weighted by Gasteiger charge is 2.11. The number of nitrogens with one attached hydrogen (secondary N) is 1. The molecule has 0 saturated carbocycles. The normalized spacial score (nSPS) is 11.2. The minimum Gasteiger partial charge on any atom is -0.397 e. The van der Waals surface area contributed by atoms with E-state index >= 15 is 0 Å². The number of carbonyl (C=O) groups excluding carboxylic acids is 2. The third-order valence-corrected chi connectivity index (χ3v) is 9.40. The lowest BCUT2D eigenvalue weighted by Crippen LogP contribution is -2.21. The largest absolute Gasteiger partial charge is 0.397 e. The number of amides is 1. The summed E-state index contributed by atoms with van der Waals surface area (Å²) in [5, 5.41) is 34.9. The topological polar surface area (TPSA) is 239 Å². The van der Waals surface area contributed by atoms with Crippen molar-refractivity contribution in [3.8, 4) is 46.1 Å². The predicted molar refractivity (Wildman–Crippen MR) is 257 cm³/mol. The SMILES string of the molecule is C1CCOC1.CC(=O)c1ccccc1.CCN(CC)CC.Nc1ccc(-c2nnc(-c3ccccn3)nn2)nc1.O=C(Nc1ccc(-c2nnc(-c3ccccn3)nn2)nc1)c1ccccc1. The third kappa shape index (κ3) is 17.0. The molecule has 0 bridgehead atoms. The van der Waals surface area contributed by atoms with E-state index in [1.165, 1.54) is 44.9 Å². The van der Waals surface area contributed by atoms with Crippen LogP contribution in [0.5, 0.6) is 0 Å². The Bertz CT molecular complexity index is 2600. The Balaban J connectivity index is 0.000000180. The number of hydrogen-bond acceptors (Lipinski definition) is 17. The number of benzene rings is 2. The average Bonchev–Trinajstić information content (AvgIpc) is 4.00. The Morgan fingerprint density at radius 1 is 0.522 bits per heavy atom. The maximum Gasteiger partial charge on any atom is 0.255 e. The standard InChI is InChI=1S/C19H13N7O.C12H9N7.C8H8O.C6H15N.C4H8O/c27-19(13-6-2-1-3-7-13)22-14-9-10-16(21-12-14)18-25-23-17(24-26-18)15-8-4-5-11-20-15;13-8-4-5-10(15-7-8)12-18-16-11(17-19-12)9-3-1-2-6-14-9;1-7(9)8-5-3-2-4-6-8;1-4-7(5-2)6-3;1-2-4-5-3-1/h1-12H,(H,22,27);1-7H,13H2;2-6H,1H3;4-6H2,1-3H3;1-4H2. The number of aromatic nitrogens is 12. The molecule has 1 aliphatic heterocycles. The van der Waals surface area contributed by atoms with Crippen LogP contribution in [0.1, 0.15) is 61.3 Å². The molecule has 8 aromatic rings. The van der Waals surface area contributed by atoms with E-state index in [1.54, 1.807) is 73.9 Å². The first-order chi connectivity index (χ1) is 32.8. The van der Waals surface area contributed by atoms with Crippen LogP contribution >= 0.6 is 0 Å². The van der Waals surface area contributed by atoms with E-state index in [9.17, 15) is 9.59 Å². The van der Waals surface area contributed by atoms with Crippen molar-refractivity contribution < 1.29 is 14.3 Å². The quantitative estimate of drug-likeness (QED) is 0.125. The Morgan fingerprint density at radius 3 is 1.25 bits per heavy atom. The number of Topliss-reactive ketones (excluding diaryl/α,β-unsaturated/α-hetero) is 1. The highest BCUT2D eigenvalue weighted by molar-refractivity contribution is 6.04. The first-order valence-electron chi connectivity index (χ1n) is 21.7. The second kappa shape index (κ2) is 27.9. The van der Waals surface area contributed by atoms with Gasteiger partial charge in [-0.1, -0.05) is 81.4 Å². The van der Waals surface area contributed by atoms with Gasteiger partial charge in [0.25, 0.3) is 5.91 Å². The van der Waals surface area contributed by atoms with Crippen molar-refractivity contribution in [3.05, 3.63) is 157 Å². The lowest BCUT2D eigenvalue weighted by molar-refractivity contribution is 0.101. The fourth-order valence-electron chi connectivity index (χ4n) is 5.64. The van der Waals surface area contributed by atoms with E-state index in [0.717, 1.165) is 18.8 Å². The second-order valence-corrected chi connectivity index (χ2v) is 14.1. The molecule has 342 valence electrons. The van der Waals surface area contributed by atoms with Crippen molar-refractivity contribution in [2.24, 2.45) is 0 Å². The van der Waals surface area contributed by atoms with Crippen molar-refractivity contribution in [1.82, 2.24) is 65.6 Å². The van der Waals surface area contributed by atoms with Gasteiger partial charge < -0.3 is 20.7 Å². The molecule has 3 N–H and O–H groups in total. The zero-order valence-electron chi connectivity index (χ0n) is 37.9. The van der Waals surface area contributed by atoms with E-state index in [0.29, 0.717) is 57.2 Å². The molecule has 0 atom stereocenters. The van der Waals surface area contributed by atoms with Crippen LogP contribution in [-0.2, 0) is 4.74 Å². The Kier molecular flexibility index (Phi) is 20.7. The summed E-state index contributed by atoms with van der Waals surface area (Å²) in [5.74, 6) is 1.27. The molecule has 18 heteroatoms. The summed E-state index contributed by atoms with van der Waals surface area (Å²) < 4.78 is 4.94. The molecule has 9 rings (SSSR count). The third-order valence-electron chi connectivity index (χ3n) is 9.40. The van der Waals surface area contributed by atoms with Crippen LogP contribution in [0.25, 0.3) is 46.1 Å². The van der Waals surface area contributed by atoms with Crippen LogP contribution in [0.4, 0.5) is 11.4 Å². The number of nitrogen functional groups attached to an aromatic ring is 1. The van der Waals surface area contributed by atoms with Crippen molar-refractivity contribution >= 4 is 23.1 Å². The summed E-state index contributed by atoms with van der Waals surface area (Å²) >= 11 is 0. The summed E-state index contributed by atoms with van der Waals surface area (Å²) in [6, 6.07) is 35.9. The van der Waals surface area contributed by atoms with Gasteiger partial charge in [-0.3, -0.25) is 29.5 Å². The smallest absolute Gasteiger partial charge is 0.255 e. The Hall–Kier alpha value is -8.22. The second-order valence-electron chi connectivity index (χ2n) is 14.1. The first-order valence-corrected chi connectivity index (χ1v) is 21.7. The highest BCUT2D eigenvalue weighted by atomic mass is 16.5. The minimum absolute atomic E-state index is 0.121. The van der Waals surface area contributed by atoms with Crippen molar-refractivity contribution in [2.75, 3.05) is 43.9 Å². The van der Waals surface area contributed by atoms with Crippen LogP contribution < -0.4 is 11.1 Å². The lowest BCUT2D eigenvalue weighted by atomic mass is 10.2. The van der Waals surface area contributed by atoms with Gasteiger partial charge in [-0.2, -0.15) is 0 Å². The van der Waals surface area contributed by atoms with Gasteiger partial charge in [0.2, 0.25) is 23.3 Å². The number of rotatable bonds is 10. The van der Waals surface area contributed by atoms with Crippen LogP contribution in [0.2, 0.25) is 0 Å². The predicted octanol–water partition coefficient (Wildman–Crippen LogP) is 7.65. The number of nitrogens with zero attached hydrogens (tertiary/aromatic N) is 13. The highest BCUT2D eigenvalue weighted by Crippen LogP contribution is 2.17. The van der Waals surface area contributed by atoms with Crippen molar-refractivity contribution in [2.45, 2.75) is 40.5 Å². The first kappa shape index (κ1) is 49.8. The minimum atomic E-state index is -0.204. The fourth-order valence-corrected chi connectivity index (χ4v) is 5.64. The number of hydrogen-bond donors (Lipinski definition) is 2. The summed E-state index contributed by atoms with van der Waals surface area (Å²) in [6.07, 6.45) is 8.93. The molecule has 2 aromatic carbocycles. The summed E-state index contributed by atoms with van der Waals surface area (Å²) in [7, 11) is 0. The van der Waals surface area contributed by atoms with Crippen LogP contribution in [0.15, 0.2) is 146 Å². The molecule has 1 saturated heterocycles. The molecule has 0 aliphatic carbocycles. The van der Waals surface area contributed by atoms with Crippen LogP contribution in [-0.4, -0.2) is 110 Å². The number of carbonyl (C=O) groups is 2. The average molecular weight is 900 g/mol. The Morgan fingerprint density at radius 2 is 0.940 bits per heavy atom. The molecule has 0 spiro atoms. The monoisotopic (exact) mass is 899 g/mol. The van der Waals surface area contributed by atoms with E-state index in [-0.39, 0.29) is 17.5 Å². The molecule has 1 amide bonds. The zero-order valence-corrected chi connectivity index (χ0v) is 37.9. The van der Waals surface area contributed by atoms with Gasteiger partial charge >= 0.3 is 0 Å². The van der Waals surface area contributed by atoms with E-state index in [2.05, 4.69) is 91.7 Å². The number of pyridine rings is 4. The van der Waals surface area contributed by atoms with Crippen LogP contribution in [0.3, 0.4) is 0 Å². The molecular formula is C49H53N15O3. The molecule has 7 heterocycles. The molecule has 0 radical (unpaired) electrons. The number of anilines is 2. The number of ether oxygens (including phenoxy) is 1. The van der Waals surface area contributed by atoms with Crippen molar-refractivity contribution in [1.29, 1.82) is 0 Å². The van der Waals surface area contributed by atoms with E-state index in [4.69, 9.17) is 10.5 Å². The van der Waals surface area contributed by atoms with E-state index < -0.39 is 0 Å². The van der Waals surface area contributed by atoms with Crippen LogP contribution in [0, 0.1) is 0 Å². The number of ketones is 1. The number of nitrogens with two attached hydrogens (primary N) is 1. The summed E-state index contributed by atoms with van der Waals surface area (Å²) in [5.41, 5.74) is 10.3. The molecular weight excluding hydrogens is 847 g/mol. The summed E-state index contributed by atoms with van der Waals surface area (Å²) in [6.45, 7) is 13.7. The van der Waals surface area contributed by atoms with Gasteiger partial charge in [0.15, 0.2) is 5.78 Å². The zero-order chi connectivity index (χ0) is 47.5. The van der Waals surface area contributed by atoms with Gasteiger partial charge in [0, 0.05) is 36.7 Å². The van der Waals surface area contributed by atoms with Crippen molar-refractivity contribution in [3.63, 3.8) is 0 Å². The molecule has 18 nitrogen and oxygen atoms in total. The van der Waals surface area contributed by atoms with Gasteiger partial charge in [0.1, 0.15) is 22.8 Å². The molecule has 1 fully saturated rings. The molecule has 0 unspecified atom stereocenters. The maximum atomic E-state index is 12.2. The van der Waals surface area contributed by atoms with E-state index in [1.807, 2.05) is 66.7 Å². The van der Waals surface area contributed by atoms with Gasteiger partial charge in [0.05, 0.1) is 23.8 Å². The molecule has 67 heavy (non-hydrogen) atoms. The molecule has 1 aliphatic rings. The van der Waals surface area contributed by atoms with Gasteiger partial charge in [-0.25, -0.2) is 0 Å². The van der Waals surface area contributed by atoms with Gasteiger partial charge in [-0.15, -0.1) is 40.8 Å². The van der Waals surface area contributed by atoms with Gasteiger partial charge in [-0.05, 0) is 100 Å². The fraction of sp³-hybridized carbons (Fsp3) is 0.224. The lowest BCUT2D eigenvalue weighted by Gasteiger charge is -2.13. The molecule has 6 aromatic heterocycles.